The fourth-order valence-electron chi connectivity index (χ4n) is 6.54. The number of fused-ring (bicyclic) bond motifs is 1. The van der Waals surface area contributed by atoms with Crippen LogP contribution in [0.5, 0.6) is 0 Å². The maximum Gasteiger partial charge on any atom is 0.228 e. The highest BCUT2D eigenvalue weighted by Gasteiger charge is 2.29. The zero-order chi connectivity index (χ0) is 27.4. The van der Waals surface area contributed by atoms with Gasteiger partial charge in [0.1, 0.15) is 5.82 Å². The highest BCUT2D eigenvalue weighted by Crippen LogP contribution is 2.38. The Morgan fingerprint density at radius 3 is 2.59 bits per heavy atom. The van der Waals surface area contributed by atoms with Crippen LogP contribution in [0.1, 0.15) is 84.4 Å². The number of anilines is 2. The number of nitrogens with zero attached hydrogens (tertiary/aromatic N) is 4. The summed E-state index contributed by atoms with van der Waals surface area (Å²) >= 11 is 0. The first-order chi connectivity index (χ1) is 19.0. The third-order valence-electron chi connectivity index (χ3n) is 9.33. The summed E-state index contributed by atoms with van der Waals surface area (Å²) in [6, 6.07) is 0.466. The van der Waals surface area contributed by atoms with Gasteiger partial charge in [0, 0.05) is 30.9 Å². The van der Waals surface area contributed by atoms with Gasteiger partial charge in [0.2, 0.25) is 5.95 Å². The van der Waals surface area contributed by atoms with Crippen LogP contribution in [0, 0.1) is 11.8 Å². The molecular formula is C33H49N5O. The second-order valence-corrected chi connectivity index (χ2v) is 12.0. The lowest BCUT2D eigenvalue weighted by Crippen LogP contribution is -2.42. The minimum atomic E-state index is 0.369. The van der Waals surface area contributed by atoms with Gasteiger partial charge in [-0.2, -0.15) is 4.98 Å². The zero-order valence-electron chi connectivity index (χ0n) is 24.9. The van der Waals surface area contributed by atoms with Crippen molar-refractivity contribution in [1.29, 1.82) is 0 Å². The number of morpholine rings is 1. The van der Waals surface area contributed by atoms with Crippen LogP contribution in [-0.2, 0) is 11.2 Å². The minimum absolute atomic E-state index is 0.369. The summed E-state index contributed by atoms with van der Waals surface area (Å²) in [4.78, 5) is 15.5. The Morgan fingerprint density at radius 2 is 1.85 bits per heavy atom. The van der Waals surface area contributed by atoms with Crippen LogP contribution in [0.4, 0.5) is 11.8 Å². The monoisotopic (exact) mass is 531 g/mol. The fraction of sp³-hybridized carbons (Fsp3) is 0.636. The summed E-state index contributed by atoms with van der Waals surface area (Å²) in [5, 5.41) is 3.54. The van der Waals surface area contributed by atoms with Gasteiger partial charge in [-0.05, 0) is 89.3 Å². The lowest BCUT2D eigenvalue weighted by atomic mass is 9.85. The third-order valence-corrected chi connectivity index (χ3v) is 9.33. The smallest absolute Gasteiger partial charge is 0.228 e. The van der Waals surface area contributed by atoms with Gasteiger partial charge in [0.25, 0.3) is 0 Å². The normalized spacial score (nSPS) is 24.3. The molecule has 0 saturated carbocycles. The lowest BCUT2D eigenvalue weighted by Gasteiger charge is -2.35. The second kappa shape index (κ2) is 12.8. The first-order valence-corrected chi connectivity index (χ1v) is 15.4. The lowest BCUT2D eigenvalue weighted by molar-refractivity contribution is 0.122. The fourth-order valence-corrected chi connectivity index (χ4v) is 6.54. The van der Waals surface area contributed by atoms with Gasteiger partial charge in [-0.1, -0.05) is 55.7 Å². The Hall–Kier alpha value is -2.44. The maximum absolute atomic E-state index is 5.69. The molecule has 0 radical (unpaired) electrons. The molecule has 4 aliphatic rings. The van der Waals surface area contributed by atoms with Gasteiger partial charge in [-0.3, -0.25) is 0 Å². The average molecular weight is 532 g/mol. The zero-order valence-corrected chi connectivity index (χ0v) is 24.9. The van der Waals surface area contributed by atoms with Gasteiger partial charge in [-0.15, -0.1) is 0 Å². The van der Waals surface area contributed by atoms with Crippen LogP contribution in [0.2, 0.25) is 0 Å². The van der Waals surface area contributed by atoms with Crippen LogP contribution >= 0.6 is 0 Å². The maximum atomic E-state index is 5.69. The minimum Gasteiger partial charge on any atom is -0.378 e. The molecule has 3 aliphatic heterocycles. The highest BCUT2D eigenvalue weighted by atomic mass is 16.5. The Kier molecular flexibility index (Phi) is 9.24. The van der Waals surface area contributed by atoms with E-state index in [0.717, 1.165) is 95.4 Å². The standard InChI is InChI=1S/C33H49N5O/c1-6-24(3)29-11-10-23(2)21-27(22-25(4)26(29)5)31-30-9-7-8-16-38(28-12-14-34-15-13-28)32(30)36-33(35-31)37-17-19-39-20-18-37/h8,16,21-22,24-25,28,34H,6-7,9-15,17-20H2,1-5H3. The van der Waals surface area contributed by atoms with Crippen LogP contribution < -0.4 is 15.1 Å². The van der Waals surface area contributed by atoms with Crippen molar-refractivity contribution in [3.8, 4) is 0 Å². The summed E-state index contributed by atoms with van der Waals surface area (Å²) in [7, 11) is 0. The molecule has 1 aromatic rings. The molecule has 2 saturated heterocycles. The molecule has 6 heteroatoms. The van der Waals surface area contributed by atoms with Crippen molar-refractivity contribution in [3.63, 3.8) is 0 Å². The predicted octanol–water partition coefficient (Wildman–Crippen LogP) is 6.45. The van der Waals surface area contributed by atoms with Crippen molar-refractivity contribution in [1.82, 2.24) is 15.3 Å². The van der Waals surface area contributed by atoms with E-state index in [1.54, 1.807) is 5.57 Å². The Morgan fingerprint density at radius 1 is 1.08 bits per heavy atom. The quantitative estimate of drug-likeness (QED) is 0.441. The molecule has 0 bridgehead atoms. The van der Waals surface area contributed by atoms with Crippen molar-refractivity contribution >= 4 is 17.3 Å². The van der Waals surface area contributed by atoms with Gasteiger partial charge in [-0.25, -0.2) is 4.98 Å². The molecular weight excluding hydrogens is 482 g/mol. The molecule has 2 fully saturated rings. The van der Waals surface area contributed by atoms with Crippen molar-refractivity contribution in [3.05, 3.63) is 52.4 Å². The number of hydrogen-bond donors (Lipinski definition) is 1. The number of hydrogen-bond acceptors (Lipinski definition) is 6. The van der Waals surface area contributed by atoms with Crippen molar-refractivity contribution in [2.45, 2.75) is 85.6 Å². The highest BCUT2D eigenvalue weighted by molar-refractivity contribution is 5.79. The second-order valence-electron chi connectivity index (χ2n) is 12.0. The molecule has 1 aliphatic carbocycles. The molecule has 1 aromatic heterocycles. The van der Waals surface area contributed by atoms with Crippen LogP contribution in [0.3, 0.4) is 0 Å². The van der Waals surface area contributed by atoms with E-state index >= 15 is 0 Å². The first kappa shape index (κ1) is 28.1. The average Bonchev–Trinajstić information content (AvgIpc) is 3.16. The van der Waals surface area contributed by atoms with E-state index in [1.807, 2.05) is 0 Å². The molecule has 0 aromatic carbocycles. The molecule has 1 N–H and O–H groups in total. The van der Waals surface area contributed by atoms with Crippen LogP contribution in [0.25, 0.3) is 5.57 Å². The number of ether oxygens (including phenoxy) is 1. The van der Waals surface area contributed by atoms with Gasteiger partial charge in [0.15, 0.2) is 0 Å². The summed E-state index contributed by atoms with van der Waals surface area (Å²) in [5.41, 5.74) is 8.33. The van der Waals surface area contributed by atoms with Gasteiger partial charge in [0.05, 0.1) is 18.9 Å². The van der Waals surface area contributed by atoms with E-state index in [1.165, 1.54) is 28.7 Å². The Balaban J connectivity index is 1.66. The largest absolute Gasteiger partial charge is 0.378 e. The molecule has 6 nitrogen and oxygen atoms in total. The molecule has 39 heavy (non-hydrogen) atoms. The number of allylic oxidation sites excluding steroid dienone is 7. The number of rotatable bonds is 5. The molecule has 5 rings (SSSR count). The molecule has 212 valence electrons. The van der Waals surface area contributed by atoms with Gasteiger partial charge < -0.3 is 19.9 Å². The van der Waals surface area contributed by atoms with E-state index < -0.39 is 0 Å². The van der Waals surface area contributed by atoms with Crippen molar-refractivity contribution in [2.24, 2.45) is 11.8 Å². The molecule has 0 amide bonds. The summed E-state index contributed by atoms with van der Waals surface area (Å²) < 4.78 is 5.69. The topological polar surface area (TPSA) is 53.5 Å². The number of nitrogens with one attached hydrogen (secondary N) is 1. The van der Waals surface area contributed by atoms with Crippen molar-refractivity contribution in [2.75, 3.05) is 49.2 Å². The first-order valence-electron chi connectivity index (χ1n) is 15.4. The van der Waals surface area contributed by atoms with Gasteiger partial charge >= 0.3 is 0 Å². The summed E-state index contributed by atoms with van der Waals surface area (Å²) in [6.07, 6.45) is 17.3. The van der Waals surface area contributed by atoms with E-state index in [0.29, 0.717) is 17.9 Å². The van der Waals surface area contributed by atoms with E-state index in [4.69, 9.17) is 14.7 Å². The number of aromatic nitrogens is 2. The molecule has 2 atom stereocenters. The third kappa shape index (κ3) is 6.33. The van der Waals surface area contributed by atoms with E-state index in [2.05, 4.69) is 74.2 Å². The van der Waals surface area contributed by atoms with E-state index in [-0.39, 0.29) is 0 Å². The van der Waals surface area contributed by atoms with Crippen molar-refractivity contribution < 1.29 is 4.74 Å². The molecule has 2 unspecified atom stereocenters. The molecule has 4 heterocycles. The molecule has 0 spiro atoms. The SMILES string of the molecule is CCC(C)C1=C(C)C(C)C=C(c2nc(N3CCOCC3)nc3c2CCC=CN3C2CCNCC2)C=C(C)CC1. The predicted molar refractivity (Wildman–Crippen MR) is 163 cm³/mol. The Bertz CT molecular complexity index is 1140. The number of piperidine rings is 1. The Labute approximate surface area is 236 Å². The van der Waals surface area contributed by atoms with Crippen LogP contribution in [-0.4, -0.2) is 55.4 Å². The summed E-state index contributed by atoms with van der Waals surface area (Å²) in [6.45, 7) is 17.0. The summed E-state index contributed by atoms with van der Waals surface area (Å²) in [5.74, 6) is 2.97. The van der Waals surface area contributed by atoms with Crippen LogP contribution in [0.15, 0.2) is 41.1 Å². The van der Waals surface area contributed by atoms with E-state index in [9.17, 15) is 0 Å².